The van der Waals surface area contributed by atoms with E-state index in [0.29, 0.717) is 6.61 Å². The summed E-state index contributed by atoms with van der Waals surface area (Å²) < 4.78 is 5.77. The first-order chi connectivity index (χ1) is 9.17. The van der Waals surface area contributed by atoms with Crippen LogP contribution in [-0.2, 0) is 6.42 Å². The summed E-state index contributed by atoms with van der Waals surface area (Å²) in [4.78, 5) is 2.33. The van der Waals surface area contributed by atoms with Crippen LogP contribution in [0.2, 0.25) is 0 Å². The van der Waals surface area contributed by atoms with Gasteiger partial charge in [-0.25, -0.2) is 0 Å². The first-order valence-corrected chi connectivity index (χ1v) is 7.10. The van der Waals surface area contributed by atoms with Crippen LogP contribution in [0.5, 0.6) is 5.75 Å². The van der Waals surface area contributed by atoms with E-state index in [4.69, 9.17) is 10.5 Å². The van der Waals surface area contributed by atoms with E-state index in [2.05, 4.69) is 17.9 Å². The number of anilines is 1. The third kappa shape index (κ3) is 4.40. The molecule has 4 nitrogen and oxygen atoms in total. The van der Waals surface area contributed by atoms with Gasteiger partial charge in [-0.3, -0.25) is 4.90 Å². The van der Waals surface area contributed by atoms with Crippen LogP contribution in [-0.4, -0.2) is 42.4 Å². The molecular weight excluding hydrogens is 240 g/mol. The summed E-state index contributed by atoms with van der Waals surface area (Å²) in [5.41, 5.74) is 7.81. The van der Waals surface area contributed by atoms with E-state index < -0.39 is 0 Å². The van der Waals surface area contributed by atoms with Crippen LogP contribution < -0.4 is 10.5 Å². The van der Waals surface area contributed by atoms with Crippen molar-refractivity contribution in [3.8, 4) is 5.75 Å². The molecule has 1 aliphatic rings. The molecule has 0 atom stereocenters. The zero-order valence-corrected chi connectivity index (χ0v) is 11.6. The maximum atomic E-state index is 9.45. The number of aliphatic hydroxyl groups is 1. The number of rotatable bonds is 5. The molecule has 0 saturated carbocycles. The largest absolute Gasteiger partial charge is 0.492 e. The molecule has 1 aromatic rings. The Morgan fingerprint density at radius 2 is 2.05 bits per heavy atom. The molecule has 1 saturated heterocycles. The van der Waals surface area contributed by atoms with Gasteiger partial charge in [0.15, 0.2) is 0 Å². The highest BCUT2D eigenvalue weighted by Gasteiger charge is 2.16. The molecule has 0 bridgehead atoms. The fraction of sp³-hybridized carbons (Fsp3) is 0.600. The zero-order chi connectivity index (χ0) is 13.7. The predicted molar refractivity (Wildman–Crippen MR) is 77.4 cm³/mol. The summed E-state index contributed by atoms with van der Waals surface area (Å²) in [6.07, 6.45) is 2.60. The van der Waals surface area contributed by atoms with Crippen molar-refractivity contribution in [2.45, 2.75) is 32.3 Å². The van der Waals surface area contributed by atoms with E-state index in [0.717, 1.165) is 50.3 Å². The van der Waals surface area contributed by atoms with Crippen molar-refractivity contribution in [3.63, 3.8) is 0 Å². The van der Waals surface area contributed by atoms with Gasteiger partial charge in [0.2, 0.25) is 0 Å². The molecule has 3 N–H and O–H groups in total. The molecule has 0 amide bonds. The Balaban J connectivity index is 1.77. The van der Waals surface area contributed by atoms with Gasteiger partial charge in [0.05, 0.1) is 6.10 Å². The highest BCUT2D eigenvalue weighted by molar-refractivity contribution is 5.47. The van der Waals surface area contributed by atoms with Crippen molar-refractivity contribution in [1.29, 1.82) is 0 Å². The SMILES string of the molecule is CCc1cc(N)cc(OCCN2CCC(O)CC2)c1. The standard InChI is InChI=1S/C15H24N2O2/c1-2-12-9-13(16)11-15(10-12)19-8-7-17-5-3-14(18)4-6-17/h9-11,14,18H,2-8,16H2,1H3. The number of aryl methyl sites for hydroxylation is 1. The topological polar surface area (TPSA) is 58.7 Å². The average Bonchev–Trinajstić information content (AvgIpc) is 2.40. The number of ether oxygens (including phenoxy) is 1. The van der Waals surface area contributed by atoms with E-state index in [9.17, 15) is 5.11 Å². The number of benzene rings is 1. The number of nitrogens with two attached hydrogens (primary N) is 1. The van der Waals surface area contributed by atoms with Gasteiger partial charge in [0.1, 0.15) is 12.4 Å². The summed E-state index contributed by atoms with van der Waals surface area (Å²) >= 11 is 0. The minimum absolute atomic E-state index is 0.113. The van der Waals surface area contributed by atoms with E-state index in [1.54, 1.807) is 0 Å². The lowest BCUT2D eigenvalue weighted by atomic mass is 10.1. The molecule has 1 heterocycles. The van der Waals surface area contributed by atoms with Crippen molar-refractivity contribution in [2.24, 2.45) is 0 Å². The fourth-order valence-corrected chi connectivity index (χ4v) is 2.41. The first kappa shape index (κ1) is 14.2. The highest BCUT2D eigenvalue weighted by Crippen LogP contribution is 2.19. The molecule has 4 heteroatoms. The summed E-state index contributed by atoms with van der Waals surface area (Å²) in [6.45, 7) is 5.60. The van der Waals surface area contributed by atoms with Gasteiger partial charge >= 0.3 is 0 Å². The molecule has 0 radical (unpaired) electrons. The molecule has 106 valence electrons. The second-order valence-corrected chi connectivity index (χ2v) is 5.19. The quantitative estimate of drug-likeness (QED) is 0.794. The summed E-state index contributed by atoms with van der Waals surface area (Å²) in [6, 6.07) is 5.91. The van der Waals surface area contributed by atoms with Crippen LogP contribution in [0, 0.1) is 0 Å². The van der Waals surface area contributed by atoms with E-state index >= 15 is 0 Å². The Morgan fingerprint density at radius 3 is 2.74 bits per heavy atom. The fourth-order valence-electron chi connectivity index (χ4n) is 2.41. The first-order valence-electron chi connectivity index (χ1n) is 7.10. The van der Waals surface area contributed by atoms with Crippen LogP contribution in [0.15, 0.2) is 18.2 Å². The number of piperidine rings is 1. The molecule has 19 heavy (non-hydrogen) atoms. The van der Waals surface area contributed by atoms with Gasteiger partial charge < -0.3 is 15.6 Å². The molecule has 0 aliphatic carbocycles. The molecular formula is C15H24N2O2. The van der Waals surface area contributed by atoms with E-state index in [1.165, 1.54) is 5.56 Å². The monoisotopic (exact) mass is 264 g/mol. The smallest absolute Gasteiger partial charge is 0.121 e. The highest BCUT2D eigenvalue weighted by atomic mass is 16.5. The number of aliphatic hydroxyl groups excluding tert-OH is 1. The third-order valence-electron chi connectivity index (χ3n) is 3.63. The second-order valence-electron chi connectivity index (χ2n) is 5.19. The van der Waals surface area contributed by atoms with Gasteiger partial charge in [-0.1, -0.05) is 6.92 Å². The molecule has 1 aliphatic heterocycles. The summed E-state index contributed by atoms with van der Waals surface area (Å²) in [5, 5.41) is 9.45. The molecule has 1 fully saturated rings. The third-order valence-corrected chi connectivity index (χ3v) is 3.63. The Hall–Kier alpha value is -1.26. The van der Waals surface area contributed by atoms with E-state index in [1.807, 2.05) is 12.1 Å². The Bertz CT molecular complexity index is 401. The molecule has 0 unspecified atom stereocenters. The lowest BCUT2D eigenvalue weighted by molar-refractivity contribution is 0.0755. The van der Waals surface area contributed by atoms with Gasteiger partial charge in [0, 0.05) is 31.4 Å². The normalized spacial score (nSPS) is 17.6. The number of hydrogen-bond acceptors (Lipinski definition) is 4. The van der Waals surface area contributed by atoms with Gasteiger partial charge in [-0.2, -0.15) is 0 Å². The maximum Gasteiger partial charge on any atom is 0.121 e. The second kappa shape index (κ2) is 6.78. The number of likely N-dealkylation sites (tertiary alicyclic amines) is 1. The summed E-state index contributed by atoms with van der Waals surface area (Å²) in [5.74, 6) is 0.855. The maximum absolute atomic E-state index is 9.45. The summed E-state index contributed by atoms with van der Waals surface area (Å²) in [7, 11) is 0. The van der Waals surface area contributed by atoms with Crippen molar-refractivity contribution in [3.05, 3.63) is 23.8 Å². The Labute approximate surface area is 115 Å². The molecule has 0 aromatic heterocycles. The van der Waals surface area contributed by atoms with Crippen molar-refractivity contribution >= 4 is 5.69 Å². The van der Waals surface area contributed by atoms with E-state index in [-0.39, 0.29) is 6.10 Å². The van der Waals surface area contributed by atoms with Crippen molar-refractivity contribution < 1.29 is 9.84 Å². The Morgan fingerprint density at radius 1 is 1.32 bits per heavy atom. The van der Waals surface area contributed by atoms with Crippen LogP contribution in [0.1, 0.15) is 25.3 Å². The van der Waals surface area contributed by atoms with Gasteiger partial charge in [0.25, 0.3) is 0 Å². The predicted octanol–water partition coefficient (Wildman–Crippen LogP) is 1.67. The van der Waals surface area contributed by atoms with Gasteiger partial charge in [-0.15, -0.1) is 0 Å². The van der Waals surface area contributed by atoms with Crippen molar-refractivity contribution in [1.82, 2.24) is 4.90 Å². The minimum Gasteiger partial charge on any atom is -0.492 e. The Kier molecular flexibility index (Phi) is 5.05. The van der Waals surface area contributed by atoms with Crippen LogP contribution >= 0.6 is 0 Å². The van der Waals surface area contributed by atoms with Crippen LogP contribution in [0.4, 0.5) is 5.69 Å². The average molecular weight is 264 g/mol. The number of nitrogens with zero attached hydrogens (tertiary/aromatic N) is 1. The van der Waals surface area contributed by atoms with Crippen LogP contribution in [0.3, 0.4) is 0 Å². The minimum atomic E-state index is -0.113. The molecule has 0 spiro atoms. The number of nitrogen functional groups attached to an aromatic ring is 1. The zero-order valence-electron chi connectivity index (χ0n) is 11.6. The lowest BCUT2D eigenvalue weighted by Crippen LogP contribution is -2.38. The van der Waals surface area contributed by atoms with Crippen LogP contribution in [0.25, 0.3) is 0 Å². The molecule has 1 aromatic carbocycles. The number of hydrogen-bond donors (Lipinski definition) is 2. The molecule has 2 rings (SSSR count). The van der Waals surface area contributed by atoms with Crippen molar-refractivity contribution in [2.75, 3.05) is 32.0 Å². The van der Waals surface area contributed by atoms with Gasteiger partial charge in [-0.05, 0) is 37.0 Å². The lowest BCUT2D eigenvalue weighted by Gasteiger charge is -2.29.